The van der Waals surface area contributed by atoms with Gasteiger partial charge >= 0.3 is 0 Å². The summed E-state index contributed by atoms with van der Waals surface area (Å²) in [4.78, 5) is 24.7. The predicted molar refractivity (Wildman–Crippen MR) is 99.7 cm³/mol. The number of benzene rings is 1. The Bertz CT molecular complexity index is 1060. The first-order chi connectivity index (χ1) is 12.6. The van der Waals surface area contributed by atoms with Crippen LogP contribution in [-0.2, 0) is 19.5 Å². The lowest BCUT2D eigenvalue weighted by Gasteiger charge is -2.27. The van der Waals surface area contributed by atoms with Crippen molar-refractivity contribution in [3.05, 3.63) is 80.4 Å². The van der Waals surface area contributed by atoms with Gasteiger partial charge in [-0.25, -0.2) is 4.39 Å². The molecule has 7 heteroatoms. The summed E-state index contributed by atoms with van der Waals surface area (Å²) >= 11 is 5.03. The second-order valence-corrected chi connectivity index (χ2v) is 6.76. The number of rotatable bonds is 3. The lowest BCUT2D eigenvalue weighted by molar-refractivity contribution is 0.239. The molecule has 0 atom stereocenters. The molecule has 1 aliphatic heterocycles. The average molecular weight is 368 g/mol. The van der Waals surface area contributed by atoms with Crippen molar-refractivity contribution >= 4 is 12.2 Å². The van der Waals surface area contributed by atoms with Crippen LogP contribution < -0.4 is 5.56 Å². The van der Waals surface area contributed by atoms with Crippen LogP contribution >= 0.6 is 12.2 Å². The first-order valence-corrected chi connectivity index (χ1v) is 8.78. The minimum absolute atomic E-state index is 0.124. The van der Waals surface area contributed by atoms with Gasteiger partial charge in [-0.2, -0.15) is 0 Å². The second kappa shape index (κ2) is 6.93. The van der Waals surface area contributed by atoms with Crippen molar-refractivity contribution in [3.8, 4) is 11.3 Å². The number of nitrogens with one attached hydrogen (secondary N) is 2. The highest BCUT2D eigenvalue weighted by atomic mass is 32.1. The molecular weight excluding hydrogens is 351 g/mol. The Morgan fingerprint density at radius 3 is 2.77 bits per heavy atom. The van der Waals surface area contributed by atoms with Crippen LogP contribution in [0.15, 0.2) is 47.3 Å². The van der Waals surface area contributed by atoms with Crippen molar-refractivity contribution < 1.29 is 4.39 Å². The van der Waals surface area contributed by atoms with Gasteiger partial charge in [0.15, 0.2) is 4.77 Å². The van der Waals surface area contributed by atoms with Crippen LogP contribution in [0.1, 0.15) is 17.0 Å². The number of pyridine rings is 1. The number of hydrogen-bond acceptors (Lipinski definition) is 4. The van der Waals surface area contributed by atoms with Gasteiger partial charge in [0.25, 0.3) is 5.56 Å². The molecule has 4 rings (SSSR count). The molecule has 2 N–H and O–H groups in total. The lowest BCUT2D eigenvalue weighted by Crippen LogP contribution is -2.35. The Morgan fingerprint density at radius 2 is 1.96 bits per heavy atom. The molecule has 0 amide bonds. The van der Waals surface area contributed by atoms with Crippen molar-refractivity contribution in [2.24, 2.45) is 0 Å². The third-order valence-corrected chi connectivity index (χ3v) is 4.73. The van der Waals surface area contributed by atoms with E-state index in [1.165, 1.54) is 12.1 Å². The molecule has 3 heterocycles. The zero-order chi connectivity index (χ0) is 18.1. The van der Waals surface area contributed by atoms with Gasteiger partial charge in [-0.15, -0.1) is 0 Å². The summed E-state index contributed by atoms with van der Waals surface area (Å²) in [6, 6.07) is 12.1. The molecule has 3 aromatic rings. The largest absolute Gasteiger partial charge is 0.335 e. The highest BCUT2D eigenvalue weighted by Crippen LogP contribution is 2.20. The topological polar surface area (TPSA) is 64.8 Å². The van der Waals surface area contributed by atoms with Gasteiger partial charge in [-0.3, -0.25) is 19.7 Å². The summed E-state index contributed by atoms with van der Waals surface area (Å²) in [5.41, 5.74) is 4.13. The van der Waals surface area contributed by atoms with E-state index in [-0.39, 0.29) is 11.4 Å². The van der Waals surface area contributed by atoms with Gasteiger partial charge in [0, 0.05) is 37.3 Å². The Labute approximate surface area is 154 Å². The van der Waals surface area contributed by atoms with E-state index in [1.807, 2.05) is 18.2 Å². The van der Waals surface area contributed by atoms with E-state index in [1.54, 1.807) is 12.1 Å². The maximum Gasteiger partial charge on any atom is 0.256 e. The van der Waals surface area contributed by atoms with Crippen LogP contribution in [0.4, 0.5) is 4.39 Å². The highest BCUT2D eigenvalue weighted by molar-refractivity contribution is 7.71. The first kappa shape index (κ1) is 16.8. The number of halogens is 1. The molecule has 0 saturated carbocycles. The van der Waals surface area contributed by atoms with Gasteiger partial charge in [-0.05, 0) is 48.6 Å². The normalized spacial score (nSPS) is 14.2. The van der Waals surface area contributed by atoms with E-state index in [0.29, 0.717) is 17.9 Å². The van der Waals surface area contributed by atoms with Crippen LogP contribution in [-0.4, -0.2) is 26.4 Å². The Morgan fingerprint density at radius 1 is 1.15 bits per heavy atom. The Kier molecular flexibility index (Phi) is 4.48. The van der Waals surface area contributed by atoms with Crippen LogP contribution in [0.5, 0.6) is 0 Å². The molecule has 0 aliphatic carbocycles. The van der Waals surface area contributed by atoms with Gasteiger partial charge in [0.2, 0.25) is 0 Å². The summed E-state index contributed by atoms with van der Waals surface area (Å²) in [6.07, 6.45) is 0.751. The number of hydrogen-bond donors (Lipinski definition) is 2. The van der Waals surface area contributed by atoms with E-state index in [4.69, 9.17) is 12.2 Å². The van der Waals surface area contributed by atoms with E-state index in [0.717, 1.165) is 41.2 Å². The van der Waals surface area contributed by atoms with E-state index in [2.05, 4.69) is 19.9 Å². The number of H-pyrrole nitrogens is 2. The quantitative estimate of drug-likeness (QED) is 0.697. The van der Waals surface area contributed by atoms with Crippen LogP contribution in [0.2, 0.25) is 0 Å². The summed E-state index contributed by atoms with van der Waals surface area (Å²) in [7, 11) is 0. The van der Waals surface area contributed by atoms with Crippen molar-refractivity contribution in [1.29, 1.82) is 0 Å². The molecule has 0 spiro atoms. The maximum atomic E-state index is 13.1. The fraction of sp³-hybridized carbons (Fsp3) is 0.211. The summed E-state index contributed by atoms with van der Waals surface area (Å²) < 4.78 is 13.5. The summed E-state index contributed by atoms with van der Waals surface area (Å²) in [6.45, 7) is 2.02. The number of nitrogens with zero attached hydrogens (tertiary/aromatic N) is 2. The molecular formula is C19H17FN4OS. The minimum Gasteiger partial charge on any atom is -0.335 e. The highest BCUT2D eigenvalue weighted by Gasteiger charge is 2.20. The second-order valence-electron chi connectivity index (χ2n) is 6.35. The van der Waals surface area contributed by atoms with Crippen LogP contribution in [0, 0.1) is 10.6 Å². The Balaban J connectivity index is 1.55. The zero-order valence-electron chi connectivity index (χ0n) is 14.0. The smallest absolute Gasteiger partial charge is 0.256 e. The lowest BCUT2D eigenvalue weighted by atomic mass is 10.1. The summed E-state index contributed by atoms with van der Waals surface area (Å²) in [5, 5.41) is 0. The molecule has 0 radical (unpaired) electrons. The molecule has 2 aromatic heterocycles. The minimum atomic E-state index is -0.263. The van der Waals surface area contributed by atoms with Gasteiger partial charge < -0.3 is 4.98 Å². The van der Waals surface area contributed by atoms with Crippen molar-refractivity contribution in [3.63, 3.8) is 0 Å². The molecule has 0 fully saturated rings. The third-order valence-electron chi connectivity index (χ3n) is 4.52. The standard InChI is InChI=1S/C19H17FN4OS/c20-13-6-4-12(5-7-13)16-3-1-2-14(21-16)10-24-9-8-17-15(11-24)18(25)23-19(26)22-17/h1-7H,8-11H2,(H2,22,23,25,26). The van der Waals surface area contributed by atoms with Crippen molar-refractivity contribution in [2.75, 3.05) is 6.54 Å². The average Bonchev–Trinajstić information content (AvgIpc) is 2.63. The number of aromatic amines is 2. The van der Waals surface area contributed by atoms with Gasteiger partial charge in [0.05, 0.1) is 17.0 Å². The molecule has 26 heavy (non-hydrogen) atoms. The number of fused-ring (bicyclic) bond motifs is 1. The monoisotopic (exact) mass is 368 g/mol. The number of aromatic nitrogens is 3. The fourth-order valence-corrected chi connectivity index (χ4v) is 3.44. The Hall–Kier alpha value is -2.64. The van der Waals surface area contributed by atoms with Crippen molar-refractivity contribution in [2.45, 2.75) is 19.5 Å². The van der Waals surface area contributed by atoms with Crippen molar-refractivity contribution in [1.82, 2.24) is 19.9 Å². The van der Waals surface area contributed by atoms with E-state index >= 15 is 0 Å². The SMILES string of the molecule is O=c1[nH]c(=S)[nH]c2c1CN(Cc1cccc(-c3ccc(F)cc3)n1)CC2. The molecule has 5 nitrogen and oxygen atoms in total. The first-order valence-electron chi connectivity index (χ1n) is 8.37. The van der Waals surface area contributed by atoms with Gasteiger partial charge in [-0.1, -0.05) is 6.07 Å². The van der Waals surface area contributed by atoms with E-state index < -0.39 is 0 Å². The molecule has 0 saturated heterocycles. The summed E-state index contributed by atoms with van der Waals surface area (Å²) in [5.74, 6) is -0.263. The molecule has 1 aliphatic rings. The molecule has 132 valence electrons. The molecule has 0 unspecified atom stereocenters. The predicted octanol–water partition coefficient (Wildman–Crippen LogP) is 3.19. The third kappa shape index (κ3) is 3.49. The molecule has 0 bridgehead atoms. The van der Waals surface area contributed by atoms with Crippen LogP contribution in [0.25, 0.3) is 11.3 Å². The fourth-order valence-electron chi connectivity index (χ4n) is 3.23. The molecule has 1 aromatic carbocycles. The maximum absolute atomic E-state index is 13.1. The zero-order valence-corrected chi connectivity index (χ0v) is 14.8. The van der Waals surface area contributed by atoms with Crippen LogP contribution in [0.3, 0.4) is 0 Å². The van der Waals surface area contributed by atoms with E-state index in [9.17, 15) is 9.18 Å². The van der Waals surface area contributed by atoms with Gasteiger partial charge in [0.1, 0.15) is 5.82 Å².